The fourth-order valence-corrected chi connectivity index (χ4v) is 1.67. The van der Waals surface area contributed by atoms with E-state index in [-0.39, 0.29) is 11.9 Å². The lowest BCUT2D eigenvalue weighted by Gasteiger charge is -2.28. The van der Waals surface area contributed by atoms with E-state index >= 15 is 0 Å². The molecule has 1 heterocycles. The maximum Gasteiger partial charge on any atom is 0.225 e. The van der Waals surface area contributed by atoms with Crippen LogP contribution in [0.3, 0.4) is 0 Å². The number of hydrogen-bond acceptors (Lipinski definition) is 3. The molecule has 1 aliphatic rings. The topological polar surface area (TPSA) is 41.6 Å². The Kier molecular flexibility index (Phi) is 5.05. The first-order valence-electron chi connectivity index (χ1n) is 5.77. The molecule has 88 valence electrons. The van der Waals surface area contributed by atoms with Crippen LogP contribution < -0.4 is 5.32 Å². The quantitative estimate of drug-likeness (QED) is 0.705. The third-order valence-corrected chi connectivity index (χ3v) is 2.70. The molecule has 1 aliphatic heterocycles. The molecule has 1 rings (SSSR count). The molecular formula is C11H22N2O2. The van der Waals surface area contributed by atoms with Crippen LogP contribution in [-0.2, 0) is 9.53 Å². The summed E-state index contributed by atoms with van der Waals surface area (Å²) >= 11 is 0. The Labute approximate surface area is 92.0 Å². The number of nitrogens with zero attached hydrogens (tertiary/aromatic N) is 1. The summed E-state index contributed by atoms with van der Waals surface area (Å²) in [5.41, 5.74) is 0. The van der Waals surface area contributed by atoms with Gasteiger partial charge in [0.2, 0.25) is 5.91 Å². The Hall–Kier alpha value is -0.610. The van der Waals surface area contributed by atoms with Crippen molar-refractivity contribution in [2.45, 2.75) is 39.3 Å². The van der Waals surface area contributed by atoms with Crippen molar-refractivity contribution in [1.29, 1.82) is 0 Å². The summed E-state index contributed by atoms with van der Waals surface area (Å²) < 4.78 is 5.51. The van der Waals surface area contributed by atoms with E-state index in [1.54, 1.807) is 0 Å². The van der Waals surface area contributed by atoms with Gasteiger partial charge in [-0.3, -0.25) is 4.79 Å². The van der Waals surface area contributed by atoms with Crippen molar-refractivity contribution >= 4 is 5.91 Å². The number of hydrogen-bond donors (Lipinski definition) is 1. The minimum atomic E-state index is 0.194. The van der Waals surface area contributed by atoms with Gasteiger partial charge in [0.1, 0.15) is 0 Å². The molecule has 0 aromatic carbocycles. The van der Waals surface area contributed by atoms with Crippen molar-refractivity contribution in [3.63, 3.8) is 0 Å². The molecule has 1 amide bonds. The van der Waals surface area contributed by atoms with Crippen LogP contribution in [0.1, 0.15) is 27.2 Å². The van der Waals surface area contributed by atoms with Gasteiger partial charge < -0.3 is 15.0 Å². The van der Waals surface area contributed by atoms with E-state index in [2.05, 4.69) is 5.32 Å². The normalized spacial score (nSPS) is 16.5. The van der Waals surface area contributed by atoms with Gasteiger partial charge in [-0.15, -0.1) is 0 Å². The van der Waals surface area contributed by atoms with E-state index in [0.29, 0.717) is 19.1 Å². The minimum absolute atomic E-state index is 0.194. The first-order valence-corrected chi connectivity index (χ1v) is 5.77. The maximum absolute atomic E-state index is 11.7. The van der Waals surface area contributed by atoms with E-state index in [1.165, 1.54) is 0 Å². The molecule has 4 heteroatoms. The lowest BCUT2D eigenvalue weighted by Crippen LogP contribution is -2.48. The van der Waals surface area contributed by atoms with Gasteiger partial charge in [0, 0.05) is 25.7 Å². The van der Waals surface area contributed by atoms with Gasteiger partial charge in [-0.25, -0.2) is 0 Å². The molecule has 1 N–H and O–H groups in total. The summed E-state index contributed by atoms with van der Waals surface area (Å²) in [6, 6.07) is 0.285. The highest BCUT2D eigenvalue weighted by Crippen LogP contribution is 2.03. The zero-order chi connectivity index (χ0) is 11.3. The SMILES string of the molecule is CCN(C(=O)CCOC1CNC1)C(C)C. The second-order valence-corrected chi connectivity index (χ2v) is 4.17. The van der Waals surface area contributed by atoms with Crippen LogP contribution >= 0.6 is 0 Å². The maximum atomic E-state index is 11.7. The number of amides is 1. The molecule has 0 aliphatic carbocycles. The zero-order valence-corrected chi connectivity index (χ0v) is 9.95. The Bertz CT molecular complexity index is 203. The lowest BCUT2D eigenvalue weighted by atomic mass is 10.2. The Morgan fingerprint density at radius 3 is 2.60 bits per heavy atom. The Balaban J connectivity index is 2.15. The van der Waals surface area contributed by atoms with Crippen LogP contribution in [0.5, 0.6) is 0 Å². The molecule has 0 bridgehead atoms. The van der Waals surface area contributed by atoms with Gasteiger partial charge in [-0.1, -0.05) is 0 Å². The molecule has 0 saturated carbocycles. The van der Waals surface area contributed by atoms with Crippen molar-refractivity contribution in [2.24, 2.45) is 0 Å². The van der Waals surface area contributed by atoms with Crippen molar-refractivity contribution in [2.75, 3.05) is 26.2 Å². The summed E-state index contributed by atoms with van der Waals surface area (Å²) in [5, 5.41) is 3.13. The third-order valence-electron chi connectivity index (χ3n) is 2.70. The predicted octanol–water partition coefficient (Wildman–Crippen LogP) is 0.622. The smallest absolute Gasteiger partial charge is 0.225 e. The van der Waals surface area contributed by atoms with Crippen molar-refractivity contribution in [3.05, 3.63) is 0 Å². The predicted molar refractivity (Wildman–Crippen MR) is 59.7 cm³/mol. The Morgan fingerprint density at radius 2 is 2.20 bits per heavy atom. The molecule has 0 radical (unpaired) electrons. The highest BCUT2D eigenvalue weighted by atomic mass is 16.5. The van der Waals surface area contributed by atoms with E-state index in [0.717, 1.165) is 19.6 Å². The fraction of sp³-hybridized carbons (Fsp3) is 0.909. The Morgan fingerprint density at radius 1 is 1.53 bits per heavy atom. The van der Waals surface area contributed by atoms with Gasteiger partial charge in [-0.2, -0.15) is 0 Å². The second-order valence-electron chi connectivity index (χ2n) is 4.17. The average molecular weight is 214 g/mol. The number of rotatable bonds is 6. The fourth-order valence-electron chi connectivity index (χ4n) is 1.67. The standard InChI is InChI=1S/C11H22N2O2/c1-4-13(9(2)3)11(14)5-6-15-10-7-12-8-10/h9-10,12H,4-8H2,1-3H3. The minimum Gasteiger partial charge on any atom is -0.375 e. The summed E-state index contributed by atoms with van der Waals surface area (Å²) in [7, 11) is 0. The van der Waals surface area contributed by atoms with Crippen LogP contribution in [0, 0.1) is 0 Å². The van der Waals surface area contributed by atoms with Crippen LogP contribution in [0.2, 0.25) is 0 Å². The number of ether oxygens (including phenoxy) is 1. The van der Waals surface area contributed by atoms with Crippen molar-refractivity contribution < 1.29 is 9.53 Å². The summed E-state index contributed by atoms with van der Waals surface area (Å²) in [6.45, 7) is 9.27. The van der Waals surface area contributed by atoms with Crippen LogP contribution in [0.4, 0.5) is 0 Å². The van der Waals surface area contributed by atoms with Crippen LogP contribution in [-0.4, -0.2) is 49.2 Å². The second kappa shape index (κ2) is 6.08. The molecule has 0 aromatic rings. The van der Waals surface area contributed by atoms with Gasteiger partial charge in [0.15, 0.2) is 0 Å². The first-order chi connectivity index (χ1) is 7.15. The monoisotopic (exact) mass is 214 g/mol. The van der Waals surface area contributed by atoms with E-state index in [4.69, 9.17) is 4.74 Å². The highest BCUT2D eigenvalue weighted by Gasteiger charge is 2.19. The first kappa shape index (κ1) is 12.5. The average Bonchev–Trinajstić information content (AvgIpc) is 2.09. The van der Waals surface area contributed by atoms with Gasteiger partial charge in [-0.05, 0) is 20.8 Å². The van der Waals surface area contributed by atoms with Crippen LogP contribution in [0.15, 0.2) is 0 Å². The number of nitrogens with one attached hydrogen (secondary N) is 1. The number of carbonyl (C=O) groups excluding carboxylic acids is 1. The molecule has 15 heavy (non-hydrogen) atoms. The van der Waals surface area contributed by atoms with E-state index in [9.17, 15) is 4.79 Å². The molecule has 0 aromatic heterocycles. The van der Waals surface area contributed by atoms with Crippen molar-refractivity contribution in [3.8, 4) is 0 Å². The van der Waals surface area contributed by atoms with Gasteiger partial charge in [0.25, 0.3) is 0 Å². The molecule has 0 unspecified atom stereocenters. The number of carbonyl (C=O) groups is 1. The largest absolute Gasteiger partial charge is 0.375 e. The molecule has 0 atom stereocenters. The highest BCUT2D eigenvalue weighted by molar-refractivity contribution is 5.76. The van der Waals surface area contributed by atoms with E-state index in [1.807, 2.05) is 25.7 Å². The van der Waals surface area contributed by atoms with Crippen molar-refractivity contribution in [1.82, 2.24) is 10.2 Å². The lowest BCUT2D eigenvalue weighted by molar-refractivity contribution is -0.134. The molecule has 4 nitrogen and oxygen atoms in total. The van der Waals surface area contributed by atoms with E-state index < -0.39 is 0 Å². The molecule has 1 fully saturated rings. The zero-order valence-electron chi connectivity index (χ0n) is 9.95. The van der Waals surface area contributed by atoms with Gasteiger partial charge >= 0.3 is 0 Å². The van der Waals surface area contributed by atoms with Crippen LogP contribution in [0.25, 0.3) is 0 Å². The molecule has 0 spiro atoms. The molecular weight excluding hydrogens is 192 g/mol. The summed E-state index contributed by atoms with van der Waals surface area (Å²) in [5.74, 6) is 0.194. The third kappa shape index (κ3) is 3.80. The summed E-state index contributed by atoms with van der Waals surface area (Å²) in [6.07, 6.45) is 0.828. The summed E-state index contributed by atoms with van der Waals surface area (Å²) in [4.78, 5) is 13.6. The molecule has 1 saturated heterocycles. The van der Waals surface area contributed by atoms with Gasteiger partial charge in [0.05, 0.1) is 19.1 Å².